The zero-order chi connectivity index (χ0) is 23.7. The maximum atomic E-state index is 13.3. The minimum atomic E-state index is -0.179. The van der Waals surface area contributed by atoms with Crippen molar-refractivity contribution in [2.45, 2.75) is 70.8 Å². The summed E-state index contributed by atoms with van der Waals surface area (Å²) in [6.07, 6.45) is 8.07. The van der Waals surface area contributed by atoms with Crippen LogP contribution in [0.4, 0.5) is 5.69 Å². The number of hydrogen-bond acceptors (Lipinski definition) is 6. The summed E-state index contributed by atoms with van der Waals surface area (Å²) in [7, 11) is 2.04. The fourth-order valence-electron chi connectivity index (χ4n) is 5.53. The molecule has 2 N–H and O–H groups in total. The third kappa shape index (κ3) is 4.31. The molecule has 0 atom stereocenters. The van der Waals surface area contributed by atoms with Crippen LogP contribution in [0.5, 0.6) is 5.75 Å². The highest BCUT2D eigenvalue weighted by Gasteiger charge is 2.25. The Balaban J connectivity index is 1.51. The minimum absolute atomic E-state index is 0.179. The van der Waals surface area contributed by atoms with Gasteiger partial charge in [-0.1, -0.05) is 19.3 Å². The van der Waals surface area contributed by atoms with Gasteiger partial charge in [-0.15, -0.1) is 0 Å². The van der Waals surface area contributed by atoms with E-state index in [1.54, 1.807) is 4.40 Å². The lowest BCUT2D eigenvalue weighted by Gasteiger charge is -2.33. The van der Waals surface area contributed by atoms with E-state index in [0.717, 1.165) is 67.3 Å². The second kappa shape index (κ2) is 9.78. The summed E-state index contributed by atoms with van der Waals surface area (Å²) < 4.78 is 7.71. The fraction of sp³-hybridized carbons (Fsp3) is 0.577. The Morgan fingerprint density at radius 2 is 1.88 bits per heavy atom. The number of aromatic nitrogens is 4. The van der Waals surface area contributed by atoms with Crippen LogP contribution < -0.4 is 20.6 Å². The molecule has 0 radical (unpaired) electrons. The molecule has 2 aromatic heterocycles. The smallest absolute Gasteiger partial charge is 0.334 e. The number of ether oxygens (including phenoxy) is 1. The number of hydrogen-bond donors (Lipinski definition) is 2. The van der Waals surface area contributed by atoms with Crippen molar-refractivity contribution in [2.75, 3.05) is 31.6 Å². The average molecular weight is 465 g/mol. The molecule has 0 bridgehead atoms. The highest BCUT2D eigenvalue weighted by molar-refractivity contribution is 5.70. The highest BCUT2D eigenvalue weighted by atomic mass is 16.5. The van der Waals surface area contributed by atoms with Crippen molar-refractivity contribution in [2.24, 2.45) is 0 Å². The van der Waals surface area contributed by atoms with Crippen LogP contribution in [0, 0.1) is 6.92 Å². The number of piperidine rings is 1. The van der Waals surface area contributed by atoms with Crippen LogP contribution in [0.25, 0.3) is 17.0 Å². The molecule has 2 fully saturated rings. The normalized spacial score (nSPS) is 18.0. The van der Waals surface area contributed by atoms with Gasteiger partial charge < -0.3 is 15.0 Å². The molecule has 0 amide bonds. The van der Waals surface area contributed by atoms with Crippen LogP contribution in [-0.4, -0.2) is 52.1 Å². The van der Waals surface area contributed by atoms with E-state index in [1.807, 2.05) is 27.0 Å². The van der Waals surface area contributed by atoms with Gasteiger partial charge in [0.25, 0.3) is 0 Å². The first-order chi connectivity index (χ1) is 16.6. The molecule has 3 aromatic rings. The molecule has 1 aliphatic carbocycles. The standard InChI is InChI=1S/C26H36N6O2/c1-4-34-22-16-20(31-14-12-19(27-3)13-15-31)10-11-21(22)23-29-24-17(2)28-25(32(24)26(33)30-23)18-8-6-5-7-9-18/h10-11,16,18-19,27H,4-9,12-15H2,1-3H3,(H,29,30,33). The number of aromatic amines is 1. The molecule has 182 valence electrons. The van der Waals surface area contributed by atoms with Crippen molar-refractivity contribution in [3.63, 3.8) is 0 Å². The van der Waals surface area contributed by atoms with Crippen LogP contribution in [0.15, 0.2) is 23.0 Å². The first-order valence-electron chi connectivity index (χ1n) is 12.8. The molecule has 5 rings (SSSR count). The number of nitrogens with one attached hydrogen (secondary N) is 2. The van der Waals surface area contributed by atoms with Crippen molar-refractivity contribution < 1.29 is 4.74 Å². The van der Waals surface area contributed by atoms with Gasteiger partial charge in [0.05, 0.1) is 17.9 Å². The summed E-state index contributed by atoms with van der Waals surface area (Å²) in [6, 6.07) is 6.80. The number of nitrogens with zero attached hydrogens (tertiary/aromatic N) is 4. The Morgan fingerprint density at radius 3 is 2.59 bits per heavy atom. The summed E-state index contributed by atoms with van der Waals surface area (Å²) in [4.78, 5) is 28.4. The molecule has 1 saturated heterocycles. The number of aryl methyl sites for hydroxylation is 1. The number of anilines is 1. The van der Waals surface area contributed by atoms with Gasteiger partial charge in [-0.05, 0) is 58.7 Å². The summed E-state index contributed by atoms with van der Waals surface area (Å²) in [6.45, 7) is 6.49. The van der Waals surface area contributed by atoms with Crippen LogP contribution in [0.3, 0.4) is 0 Å². The van der Waals surface area contributed by atoms with E-state index < -0.39 is 0 Å². The lowest BCUT2D eigenvalue weighted by molar-refractivity contribution is 0.341. The third-order valence-electron chi connectivity index (χ3n) is 7.45. The summed E-state index contributed by atoms with van der Waals surface area (Å²) in [5.41, 5.74) is 3.21. The Hall–Kier alpha value is -2.87. The van der Waals surface area contributed by atoms with Crippen molar-refractivity contribution in [3.05, 3.63) is 40.2 Å². The summed E-state index contributed by atoms with van der Waals surface area (Å²) >= 11 is 0. The molecule has 8 nitrogen and oxygen atoms in total. The number of benzene rings is 1. The Labute approximate surface area is 200 Å². The average Bonchev–Trinajstić information content (AvgIpc) is 3.21. The molecule has 1 aromatic carbocycles. The second-order valence-corrected chi connectivity index (χ2v) is 9.60. The van der Waals surface area contributed by atoms with Crippen molar-refractivity contribution in [3.8, 4) is 17.1 Å². The number of fused-ring (bicyclic) bond motifs is 1. The van der Waals surface area contributed by atoms with Gasteiger partial charge in [0, 0.05) is 36.8 Å². The third-order valence-corrected chi connectivity index (χ3v) is 7.45. The van der Waals surface area contributed by atoms with Crippen molar-refractivity contribution in [1.82, 2.24) is 24.7 Å². The number of imidazole rings is 1. The van der Waals surface area contributed by atoms with E-state index in [-0.39, 0.29) is 5.69 Å². The Morgan fingerprint density at radius 1 is 1.12 bits per heavy atom. The topological polar surface area (TPSA) is 87.5 Å². The van der Waals surface area contributed by atoms with E-state index in [9.17, 15) is 4.79 Å². The first kappa shape index (κ1) is 22.9. The lowest BCUT2D eigenvalue weighted by atomic mass is 9.89. The molecular formula is C26H36N6O2. The predicted molar refractivity (Wildman–Crippen MR) is 135 cm³/mol. The number of rotatable bonds is 6. The number of H-pyrrole nitrogens is 1. The fourth-order valence-corrected chi connectivity index (χ4v) is 5.53. The molecule has 1 saturated carbocycles. The molecule has 3 heterocycles. The SMILES string of the molecule is CCOc1cc(N2CCC(NC)CC2)ccc1-c1nc2c(C)nc(C3CCCCC3)n2c(=O)[nH]1. The zero-order valence-corrected chi connectivity index (χ0v) is 20.6. The van der Waals surface area contributed by atoms with Gasteiger partial charge in [0.2, 0.25) is 0 Å². The largest absolute Gasteiger partial charge is 0.493 e. The van der Waals surface area contributed by atoms with Gasteiger partial charge >= 0.3 is 5.69 Å². The summed E-state index contributed by atoms with van der Waals surface area (Å²) in [5, 5.41) is 3.38. The monoisotopic (exact) mass is 464 g/mol. The molecule has 0 unspecified atom stereocenters. The maximum absolute atomic E-state index is 13.3. The van der Waals surface area contributed by atoms with E-state index in [1.165, 1.54) is 19.3 Å². The molecule has 2 aliphatic rings. The highest BCUT2D eigenvalue weighted by Crippen LogP contribution is 2.35. The van der Waals surface area contributed by atoms with E-state index in [2.05, 4.69) is 27.3 Å². The van der Waals surface area contributed by atoms with Crippen LogP contribution in [0.2, 0.25) is 0 Å². The second-order valence-electron chi connectivity index (χ2n) is 9.60. The first-order valence-corrected chi connectivity index (χ1v) is 12.8. The van der Waals surface area contributed by atoms with Gasteiger partial charge in [-0.25, -0.2) is 19.2 Å². The zero-order valence-electron chi connectivity index (χ0n) is 20.6. The molecule has 0 spiro atoms. The Bertz CT molecular complexity index is 1200. The van der Waals surface area contributed by atoms with Gasteiger partial charge in [0.1, 0.15) is 17.4 Å². The van der Waals surface area contributed by atoms with E-state index in [0.29, 0.717) is 30.0 Å². The summed E-state index contributed by atoms with van der Waals surface area (Å²) in [5.74, 6) is 2.46. The van der Waals surface area contributed by atoms with Crippen LogP contribution in [0.1, 0.15) is 69.3 Å². The predicted octanol–water partition coefficient (Wildman–Crippen LogP) is 4.03. The van der Waals surface area contributed by atoms with Crippen LogP contribution in [-0.2, 0) is 0 Å². The molecule has 34 heavy (non-hydrogen) atoms. The quantitative estimate of drug-likeness (QED) is 0.573. The Kier molecular flexibility index (Phi) is 6.59. The molecule has 1 aliphatic heterocycles. The van der Waals surface area contributed by atoms with Gasteiger partial charge in [-0.2, -0.15) is 0 Å². The minimum Gasteiger partial charge on any atom is -0.493 e. The van der Waals surface area contributed by atoms with Crippen LogP contribution >= 0.6 is 0 Å². The van der Waals surface area contributed by atoms with Crippen molar-refractivity contribution in [1.29, 1.82) is 0 Å². The lowest BCUT2D eigenvalue weighted by Crippen LogP contribution is -2.41. The maximum Gasteiger partial charge on any atom is 0.334 e. The van der Waals surface area contributed by atoms with Gasteiger partial charge in [-0.3, -0.25) is 4.98 Å². The van der Waals surface area contributed by atoms with Gasteiger partial charge in [0.15, 0.2) is 5.65 Å². The van der Waals surface area contributed by atoms with E-state index in [4.69, 9.17) is 14.7 Å². The van der Waals surface area contributed by atoms with E-state index >= 15 is 0 Å². The van der Waals surface area contributed by atoms with Crippen molar-refractivity contribution >= 4 is 11.3 Å². The molecular weight excluding hydrogens is 428 g/mol. The molecule has 8 heteroatoms.